The molecule has 3 aromatic carbocycles. The molecule has 0 spiro atoms. The monoisotopic (exact) mass is 473 g/mol. The molecule has 0 atom stereocenters. The molecular weight excluding hydrogens is 454 g/mol. The average Bonchev–Trinajstić information content (AvgIpc) is 3.16. The van der Waals surface area contributed by atoms with Crippen molar-refractivity contribution < 1.29 is 16.8 Å². The molecule has 4 aromatic rings. The molecule has 1 heterocycles. The summed E-state index contributed by atoms with van der Waals surface area (Å²) in [4.78, 5) is 0.503. The van der Waals surface area contributed by atoms with Crippen molar-refractivity contribution >= 4 is 48.2 Å². The van der Waals surface area contributed by atoms with Gasteiger partial charge in [-0.05, 0) is 42.7 Å². The second-order valence-electron chi connectivity index (χ2n) is 6.86. The van der Waals surface area contributed by atoms with Crippen LogP contribution in [0, 0.1) is 0 Å². The summed E-state index contributed by atoms with van der Waals surface area (Å²) in [7, 11) is -7.85. The summed E-state index contributed by atoms with van der Waals surface area (Å²) in [6.45, 7) is 0. The Morgan fingerprint density at radius 1 is 0.903 bits per heavy atom. The number of hydrogen-bond acceptors (Lipinski definition) is 6. The lowest BCUT2D eigenvalue weighted by Gasteiger charge is -2.12. The van der Waals surface area contributed by atoms with E-state index in [1.165, 1.54) is 24.3 Å². The van der Waals surface area contributed by atoms with Crippen LogP contribution >= 0.6 is 11.8 Å². The van der Waals surface area contributed by atoms with Crippen LogP contribution in [0.2, 0.25) is 0 Å². The van der Waals surface area contributed by atoms with Crippen LogP contribution in [0.4, 0.5) is 5.69 Å². The van der Waals surface area contributed by atoms with Gasteiger partial charge in [0.2, 0.25) is 0 Å². The van der Waals surface area contributed by atoms with Gasteiger partial charge in [0.15, 0.2) is 9.84 Å². The van der Waals surface area contributed by atoms with Gasteiger partial charge in [0.25, 0.3) is 10.0 Å². The number of sulfone groups is 1. The lowest BCUT2D eigenvalue weighted by Crippen LogP contribution is -2.16. The van der Waals surface area contributed by atoms with Gasteiger partial charge >= 0.3 is 0 Å². The van der Waals surface area contributed by atoms with Gasteiger partial charge in [-0.3, -0.25) is 9.82 Å². The van der Waals surface area contributed by atoms with Gasteiger partial charge in [0.1, 0.15) is 10.6 Å². The highest BCUT2D eigenvalue weighted by atomic mass is 32.2. The van der Waals surface area contributed by atoms with E-state index in [0.717, 1.165) is 27.6 Å². The van der Waals surface area contributed by atoms with Crippen molar-refractivity contribution in [1.29, 1.82) is 0 Å². The van der Waals surface area contributed by atoms with E-state index in [1.54, 1.807) is 30.0 Å². The Morgan fingerprint density at radius 3 is 2.29 bits per heavy atom. The van der Waals surface area contributed by atoms with Crippen molar-refractivity contribution in [2.75, 3.05) is 17.2 Å². The topological polar surface area (TPSA) is 109 Å². The van der Waals surface area contributed by atoms with Crippen molar-refractivity contribution in [3.8, 4) is 11.3 Å². The summed E-state index contributed by atoms with van der Waals surface area (Å²) >= 11 is 1.60. The minimum atomic E-state index is -4.13. The fourth-order valence-corrected chi connectivity index (χ4v) is 6.59. The first-order valence-corrected chi connectivity index (χ1v) is 13.7. The second-order valence-corrected chi connectivity index (χ2v) is 11.3. The lowest BCUT2D eigenvalue weighted by atomic mass is 10.1. The highest BCUT2D eigenvalue weighted by Gasteiger charge is 2.24. The zero-order valence-electron chi connectivity index (χ0n) is 16.7. The van der Waals surface area contributed by atoms with Crippen LogP contribution in [0.15, 0.2) is 81.4 Å². The van der Waals surface area contributed by atoms with E-state index in [0.29, 0.717) is 11.4 Å². The number of sulfonamides is 1. The molecule has 10 heteroatoms. The van der Waals surface area contributed by atoms with Crippen LogP contribution < -0.4 is 4.72 Å². The summed E-state index contributed by atoms with van der Waals surface area (Å²) in [6.07, 6.45) is 2.96. The minimum Gasteiger partial charge on any atom is -0.280 e. The van der Waals surface area contributed by atoms with E-state index in [1.807, 2.05) is 30.5 Å². The molecule has 0 saturated heterocycles. The Kier molecular flexibility index (Phi) is 5.54. The molecule has 4 rings (SSSR count). The van der Waals surface area contributed by atoms with Crippen LogP contribution in [0.5, 0.6) is 0 Å². The predicted molar refractivity (Wildman–Crippen MR) is 124 cm³/mol. The third kappa shape index (κ3) is 4.18. The standard InChI is InChI=1S/C21H19N3O4S3/c1-29-18-8-4-3-7-15(18)21-16-13-14(11-12-17(16)22-23-21)24-31(27,28)20-10-6-5-9-19(20)30(2,25)26/h3-13,24H,1-2H3,(H,22,23). The highest BCUT2D eigenvalue weighted by molar-refractivity contribution is 7.98. The Hall–Kier alpha value is -2.82. The summed E-state index contributed by atoms with van der Waals surface area (Å²) in [5.74, 6) is 0. The van der Waals surface area contributed by atoms with Gasteiger partial charge in [0.05, 0.1) is 10.4 Å². The molecule has 0 saturated carbocycles. The summed E-state index contributed by atoms with van der Waals surface area (Å²) in [5, 5.41) is 8.14. The first-order valence-electron chi connectivity index (χ1n) is 9.14. The lowest BCUT2D eigenvalue weighted by molar-refractivity contribution is 0.588. The minimum absolute atomic E-state index is 0.249. The van der Waals surface area contributed by atoms with Crippen LogP contribution in [0.25, 0.3) is 22.2 Å². The maximum absolute atomic E-state index is 13.0. The van der Waals surface area contributed by atoms with Crippen molar-refractivity contribution in [2.45, 2.75) is 14.7 Å². The number of nitrogens with zero attached hydrogens (tertiary/aromatic N) is 1. The summed E-state index contributed by atoms with van der Waals surface area (Å²) < 4.78 is 52.6. The van der Waals surface area contributed by atoms with E-state index >= 15 is 0 Å². The average molecular weight is 474 g/mol. The van der Waals surface area contributed by atoms with Gasteiger partial charge in [-0.1, -0.05) is 30.3 Å². The Labute approximate surface area is 184 Å². The van der Waals surface area contributed by atoms with E-state index in [9.17, 15) is 16.8 Å². The Morgan fingerprint density at radius 2 is 1.58 bits per heavy atom. The van der Waals surface area contributed by atoms with Crippen molar-refractivity contribution in [1.82, 2.24) is 10.2 Å². The number of nitrogens with one attached hydrogen (secondary N) is 2. The summed E-state index contributed by atoms with van der Waals surface area (Å²) in [6, 6.07) is 18.4. The molecular formula is C21H19N3O4S3. The van der Waals surface area contributed by atoms with Crippen LogP contribution in [0.3, 0.4) is 0 Å². The Balaban J connectivity index is 1.79. The first kappa shape index (κ1) is 21.4. The number of aromatic amines is 1. The van der Waals surface area contributed by atoms with Crippen molar-refractivity contribution in [2.24, 2.45) is 0 Å². The molecule has 0 radical (unpaired) electrons. The maximum Gasteiger partial charge on any atom is 0.263 e. The Bertz CT molecular complexity index is 1490. The number of hydrogen-bond donors (Lipinski definition) is 2. The largest absolute Gasteiger partial charge is 0.280 e. The first-order chi connectivity index (χ1) is 14.7. The van der Waals surface area contributed by atoms with Crippen LogP contribution in [-0.4, -0.2) is 39.5 Å². The molecule has 0 aliphatic heterocycles. The van der Waals surface area contributed by atoms with Gasteiger partial charge in [-0.25, -0.2) is 16.8 Å². The number of thioether (sulfide) groups is 1. The molecule has 0 amide bonds. The molecule has 1 aromatic heterocycles. The number of fused-ring (bicyclic) bond motifs is 1. The molecule has 0 unspecified atom stereocenters. The maximum atomic E-state index is 13.0. The number of H-pyrrole nitrogens is 1. The number of anilines is 1. The zero-order valence-corrected chi connectivity index (χ0v) is 19.1. The van der Waals surface area contributed by atoms with Crippen LogP contribution in [0.1, 0.15) is 0 Å². The normalized spacial score (nSPS) is 12.2. The molecule has 160 valence electrons. The number of rotatable bonds is 6. The number of aromatic nitrogens is 2. The van der Waals surface area contributed by atoms with Gasteiger partial charge in [0, 0.05) is 27.8 Å². The third-order valence-corrected chi connectivity index (χ3v) is 8.23. The SMILES string of the molecule is CSc1ccccc1-c1n[nH]c2ccc(NS(=O)(=O)c3ccccc3S(C)(=O)=O)cc12. The fourth-order valence-electron chi connectivity index (χ4n) is 3.31. The highest BCUT2D eigenvalue weighted by Crippen LogP contribution is 2.34. The summed E-state index contributed by atoms with van der Waals surface area (Å²) in [5.41, 5.74) is 2.70. The van der Waals surface area contributed by atoms with Gasteiger partial charge in [-0.15, -0.1) is 11.8 Å². The second kappa shape index (κ2) is 8.03. The smallest absolute Gasteiger partial charge is 0.263 e. The van der Waals surface area contributed by atoms with E-state index < -0.39 is 19.9 Å². The quantitative estimate of drug-likeness (QED) is 0.407. The third-order valence-electron chi connectivity index (χ3n) is 4.72. The van der Waals surface area contributed by atoms with E-state index in [2.05, 4.69) is 14.9 Å². The van der Waals surface area contributed by atoms with Crippen molar-refractivity contribution in [3.05, 3.63) is 66.7 Å². The van der Waals surface area contributed by atoms with Gasteiger partial charge in [-0.2, -0.15) is 5.10 Å². The molecule has 0 fully saturated rings. The fraction of sp³-hybridized carbons (Fsp3) is 0.0952. The number of benzene rings is 3. The zero-order chi connectivity index (χ0) is 22.2. The molecule has 7 nitrogen and oxygen atoms in total. The van der Waals surface area contributed by atoms with E-state index in [-0.39, 0.29) is 9.79 Å². The van der Waals surface area contributed by atoms with Crippen LogP contribution in [-0.2, 0) is 19.9 Å². The molecule has 0 bridgehead atoms. The van der Waals surface area contributed by atoms with Crippen molar-refractivity contribution in [3.63, 3.8) is 0 Å². The van der Waals surface area contributed by atoms with Gasteiger partial charge < -0.3 is 0 Å². The molecule has 0 aliphatic carbocycles. The molecule has 31 heavy (non-hydrogen) atoms. The molecule has 0 aliphatic rings. The molecule has 2 N–H and O–H groups in total. The predicted octanol–water partition coefficient (Wildman–Crippen LogP) is 4.16. The van der Waals surface area contributed by atoms with E-state index in [4.69, 9.17) is 0 Å².